The second-order valence-electron chi connectivity index (χ2n) is 10.1. The fourth-order valence-corrected chi connectivity index (χ4v) is 4.73. The molecule has 33 heavy (non-hydrogen) atoms. The van der Waals surface area contributed by atoms with Crippen LogP contribution in [0.25, 0.3) is 0 Å². The molecule has 0 bridgehead atoms. The minimum atomic E-state index is -0.362. The Morgan fingerprint density at radius 3 is 2.55 bits per heavy atom. The van der Waals surface area contributed by atoms with E-state index in [4.69, 9.17) is 9.47 Å². The number of aromatic nitrogens is 1. The maximum Gasteiger partial charge on any atom is 0.339 e. The maximum absolute atomic E-state index is 11.9. The molecule has 0 radical (unpaired) electrons. The molecule has 2 aromatic rings. The molecule has 4 nitrogen and oxygen atoms in total. The first-order chi connectivity index (χ1) is 15.6. The summed E-state index contributed by atoms with van der Waals surface area (Å²) in [5.41, 5.74) is 4.38. The van der Waals surface area contributed by atoms with Crippen molar-refractivity contribution in [1.29, 1.82) is 0 Å². The normalized spacial score (nSPS) is 15.6. The summed E-state index contributed by atoms with van der Waals surface area (Å²) in [6, 6.07) is 7.92. The van der Waals surface area contributed by atoms with Crippen molar-refractivity contribution in [3.8, 4) is 17.6 Å². The van der Waals surface area contributed by atoms with Gasteiger partial charge in [-0.25, -0.2) is 9.78 Å². The largest absolute Gasteiger partial charge is 0.488 e. The first-order valence-electron chi connectivity index (χ1n) is 12.2. The Hall–Kier alpha value is -2.80. The summed E-state index contributed by atoms with van der Waals surface area (Å²) >= 11 is 0. The lowest BCUT2D eigenvalue weighted by molar-refractivity contribution is 0.0521. The topological polar surface area (TPSA) is 48.4 Å². The van der Waals surface area contributed by atoms with Gasteiger partial charge >= 0.3 is 5.97 Å². The molecule has 1 aromatic carbocycles. The fraction of sp³-hybridized carbons (Fsp3) is 0.517. The number of rotatable bonds is 7. The summed E-state index contributed by atoms with van der Waals surface area (Å²) in [7, 11) is 0. The van der Waals surface area contributed by atoms with Crippen molar-refractivity contribution in [3.63, 3.8) is 0 Å². The lowest BCUT2D eigenvalue weighted by Gasteiger charge is -2.42. The number of fused-ring (bicyclic) bond motifs is 1. The number of esters is 1. The molecule has 0 atom stereocenters. The van der Waals surface area contributed by atoms with Crippen LogP contribution in [0.4, 0.5) is 0 Å². The number of carbonyl (C=O) groups is 1. The molecule has 0 saturated heterocycles. The number of nitrogens with zero attached hydrogens (tertiary/aromatic N) is 1. The third kappa shape index (κ3) is 6.38. The second kappa shape index (κ2) is 10.4. The Morgan fingerprint density at radius 2 is 1.88 bits per heavy atom. The van der Waals surface area contributed by atoms with E-state index >= 15 is 0 Å². The third-order valence-electron chi connectivity index (χ3n) is 6.09. The SMILES string of the molecule is CCCCCCc1cc2c(cc1C#Cc1ccc(C(=O)OCC)cn1)C(C)(C)CC(C)(C)O2. The van der Waals surface area contributed by atoms with Crippen molar-refractivity contribution < 1.29 is 14.3 Å². The van der Waals surface area contributed by atoms with E-state index in [-0.39, 0.29) is 17.0 Å². The molecule has 0 spiro atoms. The van der Waals surface area contributed by atoms with Gasteiger partial charge in [-0.3, -0.25) is 0 Å². The van der Waals surface area contributed by atoms with Gasteiger partial charge in [0.05, 0.1) is 12.2 Å². The lowest BCUT2D eigenvalue weighted by atomic mass is 9.73. The number of carbonyl (C=O) groups excluding carboxylic acids is 1. The smallest absolute Gasteiger partial charge is 0.339 e. The summed E-state index contributed by atoms with van der Waals surface area (Å²) in [6.45, 7) is 13.3. The standard InChI is InChI=1S/C29H37NO3/c1-7-9-10-11-12-21-18-26-25(28(3,4)20-29(5,6)33-26)17-22(21)13-15-24-16-14-23(19-30-24)27(31)32-8-2/h14,16-19H,7-12,20H2,1-6H3. The van der Waals surface area contributed by atoms with Gasteiger partial charge in [-0.2, -0.15) is 0 Å². The molecule has 2 heterocycles. The highest BCUT2D eigenvalue weighted by atomic mass is 16.5. The molecule has 3 rings (SSSR count). The van der Waals surface area contributed by atoms with Gasteiger partial charge < -0.3 is 9.47 Å². The van der Waals surface area contributed by atoms with Gasteiger partial charge in [-0.15, -0.1) is 0 Å². The van der Waals surface area contributed by atoms with Crippen molar-refractivity contribution in [2.45, 2.75) is 91.1 Å². The average molecular weight is 448 g/mol. The second-order valence-corrected chi connectivity index (χ2v) is 10.1. The van der Waals surface area contributed by atoms with Gasteiger partial charge in [-0.05, 0) is 81.2 Å². The van der Waals surface area contributed by atoms with Gasteiger partial charge in [-0.1, -0.05) is 46.0 Å². The van der Waals surface area contributed by atoms with Crippen LogP contribution in [0.2, 0.25) is 0 Å². The van der Waals surface area contributed by atoms with Crippen LogP contribution in [0.1, 0.15) is 106 Å². The molecule has 0 amide bonds. The Morgan fingerprint density at radius 1 is 1.09 bits per heavy atom. The Labute approximate surface area is 199 Å². The average Bonchev–Trinajstić information content (AvgIpc) is 2.74. The van der Waals surface area contributed by atoms with E-state index in [1.54, 1.807) is 19.1 Å². The summed E-state index contributed by atoms with van der Waals surface area (Å²) in [5, 5.41) is 0. The zero-order valence-electron chi connectivity index (χ0n) is 21.0. The summed E-state index contributed by atoms with van der Waals surface area (Å²) in [6.07, 6.45) is 8.29. The number of hydrogen-bond acceptors (Lipinski definition) is 4. The summed E-state index contributed by atoms with van der Waals surface area (Å²) < 4.78 is 11.4. The van der Waals surface area contributed by atoms with Crippen molar-refractivity contribution in [2.24, 2.45) is 0 Å². The summed E-state index contributed by atoms with van der Waals surface area (Å²) in [5.74, 6) is 7.19. The number of aryl methyl sites for hydroxylation is 1. The van der Waals surface area contributed by atoms with Crippen LogP contribution in [-0.2, 0) is 16.6 Å². The molecule has 0 fully saturated rings. The van der Waals surface area contributed by atoms with Gasteiger partial charge in [0.15, 0.2) is 0 Å². The fourth-order valence-electron chi connectivity index (χ4n) is 4.73. The highest BCUT2D eigenvalue weighted by molar-refractivity contribution is 5.89. The van der Waals surface area contributed by atoms with Crippen molar-refractivity contribution in [3.05, 3.63) is 58.4 Å². The highest BCUT2D eigenvalue weighted by Gasteiger charge is 2.39. The number of unbranched alkanes of at least 4 members (excludes halogenated alkanes) is 3. The van der Waals surface area contributed by atoms with Crippen molar-refractivity contribution in [1.82, 2.24) is 4.98 Å². The van der Waals surface area contributed by atoms with E-state index in [1.165, 1.54) is 36.6 Å². The molecule has 1 aromatic heterocycles. The quantitative estimate of drug-likeness (QED) is 0.272. The molecule has 0 aliphatic carbocycles. The number of pyridine rings is 1. The van der Waals surface area contributed by atoms with Crippen LogP contribution in [0.15, 0.2) is 30.5 Å². The zero-order valence-corrected chi connectivity index (χ0v) is 21.0. The molecular formula is C29H37NO3. The molecule has 1 aliphatic rings. The Balaban J connectivity index is 1.94. The van der Waals surface area contributed by atoms with E-state index < -0.39 is 0 Å². The van der Waals surface area contributed by atoms with E-state index in [9.17, 15) is 4.79 Å². The van der Waals surface area contributed by atoms with E-state index in [0.29, 0.717) is 17.9 Å². The minimum Gasteiger partial charge on any atom is -0.488 e. The van der Waals surface area contributed by atoms with Gasteiger partial charge in [0.25, 0.3) is 0 Å². The minimum absolute atomic E-state index is 0.00773. The van der Waals surface area contributed by atoms with Crippen LogP contribution in [0.3, 0.4) is 0 Å². The molecule has 1 aliphatic heterocycles. The van der Waals surface area contributed by atoms with Crippen molar-refractivity contribution in [2.75, 3.05) is 6.61 Å². The van der Waals surface area contributed by atoms with Crippen LogP contribution in [0.5, 0.6) is 5.75 Å². The molecule has 176 valence electrons. The first kappa shape index (κ1) is 24.8. The highest BCUT2D eigenvalue weighted by Crippen LogP contribution is 2.45. The number of ether oxygens (including phenoxy) is 2. The third-order valence-corrected chi connectivity index (χ3v) is 6.09. The molecule has 4 heteroatoms. The number of hydrogen-bond donors (Lipinski definition) is 0. The zero-order chi connectivity index (χ0) is 24.1. The van der Waals surface area contributed by atoms with Crippen LogP contribution in [-0.4, -0.2) is 23.2 Å². The molecule has 0 N–H and O–H groups in total. The van der Waals surface area contributed by atoms with Crippen LogP contribution < -0.4 is 4.74 Å². The molecular weight excluding hydrogens is 410 g/mol. The van der Waals surface area contributed by atoms with Gasteiger partial charge in [0.1, 0.15) is 17.0 Å². The van der Waals surface area contributed by atoms with E-state index in [0.717, 1.165) is 30.6 Å². The van der Waals surface area contributed by atoms with Gasteiger partial charge in [0.2, 0.25) is 0 Å². The molecule has 0 unspecified atom stereocenters. The van der Waals surface area contributed by atoms with Crippen molar-refractivity contribution >= 4 is 5.97 Å². The maximum atomic E-state index is 11.9. The molecule has 0 saturated carbocycles. The van der Waals surface area contributed by atoms with E-state index in [1.807, 2.05) is 0 Å². The monoisotopic (exact) mass is 447 g/mol. The van der Waals surface area contributed by atoms with Gasteiger partial charge in [0, 0.05) is 17.3 Å². The first-order valence-corrected chi connectivity index (χ1v) is 12.2. The summed E-state index contributed by atoms with van der Waals surface area (Å²) in [4.78, 5) is 16.2. The number of benzene rings is 1. The van der Waals surface area contributed by atoms with Crippen LogP contribution >= 0.6 is 0 Å². The van der Waals surface area contributed by atoms with E-state index in [2.05, 4.69) is 63.6 Å². The Kier molecular flexibility index (Phi) is 7.84. The Bertz CT molecular complexity index is 1040. The lowest BCUT2D eigenvalue weighted by Crippen LogP contribution is -2.41. The predicted octanol–water partition coefficient (Wildman–Crippen LogP) is 6.62. The predicted molar refractivity (Wildman–Crippen MR) is 133 cm³/mol. The van der Waals surface area contributed by atoms with Crippen LogP contribution in [0, 0.1) is 11.8 Å².